The summed E-state index contributed by atoms with van der Waals surface area (Å²) in [5.74, 6) is 0. The second-order valence-electron chi connectivity index (χ2n) is 14.9. The molecule has 0 radical (unpaired) electrons. The molecule has 8 aromatic carbocycles. The molecule has 10 rings (SSSR count). The molecule has 0 fully saturated rings. The Balaban J connectivity index is 1.22. The first-order valence-electron chi connectivity index (χ1n) is 17.2. The van der Waals surface area contributed by atoms with Gasteiger partial charge in [-0.1, -0.05) is 161 Å². The van der Waals surface area contributed by atoms with E-state index >= 15 is 0 Å². The minimum atomic E-state index is -0.116. The zero-order valence-electron chi connectivity index (χ0n) is 27.9. The molecule has 0 amide bonds. The van der Waals surface area contributed by atoms with Crippen molar-refractivity contribution >= 4 is 32.3 Å². The van der Waals surface area contributed by atoms with Crippen LogP contribution in [0.5, 0.6) is 0 Å². The van der Waals surface area contributed by atoms with Crippen LogP contribution >= 0.6 is 0 Å². The minimum absolute atomic E-state index is 0.0133. The van der Waals surface area contributed by atoms with Gasteiger partial charge in [-0.05, 0) is 111 Å². The highest BCUT2D eigenvalue weighted by Crippen LogP contribution is 2.57. The van der Waals surface area contributed by atoms with E-state index in [2.05, 4.69) is 173 Å². The van der Waals surface area contributed by atoms with Crippen LogP contribution in [0.15, 0.2) is 146 Å². The van der Waals surface area contributed by atoms with Crippen molar-refractivity contribution in [3.63, 3.8) is 0 Å². The topological polar surface area (TPSA) is 0 Å². The van der Waals surface area contributed by atoms with Crippen molar-refractivity contribution < 1.29 is 0 Å². The number of hydrogen-bond acceptors (Lipinski definition) is 0. The number of fused-ring (bicyclic) bond motifs is 9. The first-order valence-corrected chi connectivity index (χ1v) is 17.2. The second kappa shape index (κ2) is 9.55. The summed E-state index contributed by atoms with van der Waals surface area (Å²) in [4.78, 5) is 0. The van der Waals surface area contributed by atoms with E-state index in [1.165, 1.54) is 99.1 Å². The van der Waals surface area contributed by atoms with E-state index in [4.69, 9.17) is 0 Å². The lowest BCUT2D eigenvalue weighted by molar-refractivity contribution is 0.639. The maximum atomic E-state index is 2.54. The normalized spacial score (nSPS) is 15.0. The van der Waals surface area contributed by atoms with Crippen molar-refractivity contribution in [2.24, 2.45) is 0 Å². The van der Waals surface area contributed by atoms with Crippen molar-refractivity contribution in [1.29, 1.82) is 0 Å². The average molecular weight is 613 g/mol. The highest BCUT2D eigenvalue weighted by molar-refractivity contribution is 6.23. The van der Waals surface area contributed by atoms with E-state index in [9.17, 15) is 0 Å². The van der Waals surface area contributed by atoms with Crippen molar-refractivity contribution in [3.8, 4) is 44.5 Å². The summed E-state index contributed by atoms with van der Waals surface area (Å²) in [5.41, 5.74) is 16.3. The fraction of sp³-hybridized carbons (Fsp3) is 0.125. The fourth-order valence-corrected chi connectivity index (χ4v) is 9.26. The van der Waals surface area contributed by atoms with Crippen molar-refractivity contribution in [2.45, 2.75) is 38.5 Å². The molecule has 228 valence electrons. The second-order valence-corrected chi connectivity index (χ2v) is 14.9. The molecule has 0 aromatic heterocycles. The average Bonchev–Trinajstić information content (AvgIpc) is 3.48. The first kappa shape index (κ1) is 27.6. The van der Waals surface area contributed by atoms with Gasteiger partial charge in [0.25, 0.3) is 0 Å². The summed E-state index contributed by atoms with van der Waals surface area (Å²) >= 11 is 0. The Morgan fingerprint density at radius 2 is 0.792 bits per heavy atom. The molecule has 2 aliphatic carbocycles. The molecular formula is C48H36. The summed E-state index contributed by atoms with van der Waals surface area (Å²) in [6.45, 7) is 9.61. The molecular weight excluding hydrogens is 577 g/mol. The summed E-state index contributed by atoms with van der Waals surface area (Å²) in [7, 11) is 0. The molecule has 0 heterocycles. The van der Waals surface area contributed by atoms with Gasteiger partial charge in [-0.25, -0.2) is 0 Å². The molecule has 0 atom stereocenters. The van der Waals surface area contributed by atoms with E-state index in [0.717, 1.165) is 0 Å². The molecule has 0 nitrogen and oxygen atoms in total. The SMILES string of the molecule is CC1(C)c2ccccc2-c2cc3c(cc21)C(C)(C)c1cc(-c2c4ccccc4c(-c4cccc5ccccc45)c4ccccc24)ccc1-3. The Morgan fingerprint density at radius 3 is 1.48 bits per heavy atom. The zero-order chi connectivity index (χ0) is 32.4. The van der Waals surface area contributed by atoms with Gasteiger partial charge in [-0.15, -0.1) is 0 Å². The van der Waals surface area contributed by atoms with Gasteiger partial charge < -0.3 is 0 Å². The predicted octanol–water partition coefficient (Wildman–Crippen LogP) is 13.1. The van der Waals surface area contributed by atoms with Gasteiger partial charge in [-0.3, -0.25) is 0 Å². The van der Waals surface area contributed by atoms with Gasteiger partial charge in [0.1, 0.15) is 0 Å². The largest absolute Gasteiger partial charge is 0.0619 e. The Bertz CT molecular complexity index is 2600. The van der Waals surface area contributed by atoms with E-state index in [1.54, 1.807) is 0 Å². The third kappa shape index (κ3) is 3.55. The maximum Gasteiger partial charge on any atom is 0.0159 e. The molecule has 0 spiro atoms. The molecule has 0 bridgehead atoms. The number of benzene rings is 8. The van der Waals surface area contributed by atoms with Crippen LogP contribution in [0.3, 0.4) is 0 Å². The van der Waals surface area contributed by atoms with Crippen LogP contribution in [-0.2, 0) is 10.8 Å². The fourth-order valence-electron chi connectivity index (χ4n) is 9.26. The molecule has 8 aromatic rings. The van der Waals surface area contributed by atoms with Crippen LogP contribution in [0.4, 0.5) is 0 Å². The van der Waals surface area contributed by atoms with Crippen molar-refractivity contribution in [3.05, 3.63) is 168 Å². The molecule has 2 aliphatic rings. The van der Waals surface area contributed by atoms with Gasteiger partial charge in [0.2, 0.25) is 0 Å². The lowest BCUT2D eigenvalue weighted by atomic mass is 9.77. The maximum absolute atomic E-state index is 2.54. The van der Waals surface area contributed by atoms with Crippen LogP contribution < -0.4 is 0 Å². The summed E-state index contributed by atoms with van der Waals surface area (Å²) in [5, 5.41) is 7.74. The highest BCUT2D eigenvalue weighted by Gasteiger charge is 2.41. The Kier molecular flexibility index (Phi) is 5.50. The molecule has 0 unspecified atom stereocenters. The Labute approximate surface area is 282 Å². The third-order valence-electron chi connectivity index (χ3n) is 11.7. The van der Waals surface area contributed by atoms with E-state index in [0.29, 0.717) is 0 Å². The van der Waals surface area contributed by atoms with Crippen LogP contribution in [0, 0.1) is 0 Å². The molecule has 0 saturated heterocycles. The van der Waals surface area contributed by atoms with Crippen molar-refractivity contribution in [2.75, 3.05) is 0 Å². The number of hydrogen-bond donors (Lipinski definition) is 0. The summed E-state index contributed by atoms with van der Waals surface area (Å²) < 4.78 is 0. The van der Waals surface area contributed by atoms with Crippen LogP contribution in [0.25, 0.3) is 76.8 Å². The van der Waals surface area contributed by atoms with Crippen molar-refractivity contribution in [1.82, 2.24) is 0 Å². The standard InChI is InChI=1S/C48H36/c1-47(2)41-23-12-11-17-32(41)39-27-40-33-25-24-30(26-42(33)48(3,4)44(40)28-43(39)47)45-35-18-7-9-20-37(35)46(38-21-10-8-19-36(38)45)34-22-13-15-29-14-5-6-16-31(29)34/h5-28H,1-4H3. The predicted molar refractivity (Wildman–Crippen MR) is 205 cm³/mol. The quantitative estimate of drug-likeness (QED) is 0.170. The highest BCUT2D eigenvalue weighted by atomic mass is 14.4. The van der Waals surface area contributed by atoms with Gasteiger partial charge in [0, 0.05) is 10.8 Å². The zero-order valence-corrected chi connectivity index (χ0v) is 27.9. The summed E-state index contributed by atoms with van der Waals surface area (Å²) in [6, 6.07) is 54.8. The Morgan fingerprint density at radius 1 is 0.312 bits per heavy atom. The smallest absolute Gasteiger partial charge is 0.0159 e. The molecule has 0 heteroatoms. The lowest BCUT2D eigenvalue weighted by Crippen LogP contribution is -2.18. The molecule has 0 N–H and O–H groups in total. The van der Waals surface area contributed by atoms with Gasteiger partial charge in [0.15, 0.2) is 0 Å². The minimum Gasteiger partial charge on any atom is -0.0619 e. The van der Waals surface area contributed by atoms with E-state index < -0.39 is 0 Å². The van der Waals surface area contributed by atoms with E-state index in [-0.39, 0.29) is 10.8 Å². The van der Waals surface area contributed by atoms with Gasteiger partial charge >= 0.3 is 0 Å². The number of rotatable bonds is 2. The molecule has 0 aliphatic heterocycles. The third-order valence-corrected chi connectivity index (χ3v) is 11.7. The van der Waals surface area contributed by atoms with Crippen LogP contribution in [0.2, 0.25) is 0 Å². The van der Waals surface area contributed by atoms with Crippen LogP contribution in [-0.4, -0.2) is 0 Å². The van der Waals surface area contributed by atoms with Gasteiger partial charge in [0.05, 0.1) is 0 Å². The van der Waals surface area contributed by atoms with Gasteiger partial charge in [-0.2, -0.15) is 0 Å². The van der Waals surface area contributed by atoms with E-state index in [1.807, 2.05) is 0 Å². The summed E-state index contributed by atoms with van der Waals surface area (Å²) in [6.07, 6.45) is 0. The molecule has 48 heavy (non-hydrogen) atoms. The lowest BCUT2D eigenvalue weighted by Gasteiger charge is -2.26. The van der Waals surface area contributed by atoms with Crippen LogP contribution in [0.1, 0.15) is 49.9 Å². The molecule has 0 saturated carbocycles. The monoisotopic (exact) mass is 612 g/mol. The first-order chi connectivity index (χ1) is 23.3. The Hall–Kier alpha value is -5.46.